The Bertz CT molecular complexity index is 623. The number of hydrogen-bond acceptors (Lipinski definition) is 3. The van der Waals surface area contributed by atoms with Crippen LogP contribution in [0, 0.1) is 18.8 Å². The largest absolute Gasteiger partial charge is 0.339 e. The van der Waals surface area contributed by atoms with Gasteiger partial charge in [0.05, 0.1) is 6.42 Å². The maximum Gasteiger partial charge on any atom is 0.227 e. The Kier molecular flexibility index (Phi) is 5.74. The van der Waals surface area contributed by atoms with Crippen molar-refractivity contribution in [1.29, 1.82) is 0 Å². The highest BCUT2D eigenvalue weighted by Crippen LogP contribution is 2.32. The summed E-state index contributed by atoms with van der Waals surface area (Å²) in [6.07, 6.45) is 3.58. The van der Waals surface area contributed by atoms with Gasteiger partial charge in [-0.25, -0.2) is 0 Å². The van der Waals surface area contributed by atoms with Gasteiger partial charge in [0.2, 0.25) is 11.8 Å². The van der Waals surface area contributed by atoms with Crippen LogP contribution in [0.2, 0.25) is 0 Å². The van der Waals surface area contributed by atoms with Gasteiger partial charge < -0.3 is 15.5 Å². The zero-order valence-electron chi connectivity index (χ0n) is 15.1. The van der Waals surface area contributed by atoms with Crippen molar-refractivity contribution < 1.29 is 9.59 Å². The van der Waals surface area contributed by atoms with Crippen LogP contribution in [0.25, 0.3) is 0 Å². The molecule has 0 unspecified atom stereocenters. The SMILES string of the molecule is Cc1ccccc1CC(=O)N1CCN(C(=O)[C@@H]2CCC[C@@H]2CN)CC1. The predicted octanol–water partition coefficient (Wildman–Crippen LogP) is 1.58. The van der Waals surface area contributed by atoms with Gasteiger partial charge in [0, 0.05) is 32.1 Å². The van der Waals surface area contributed by atoms with Gasteiger partial charge in [0.1, 0.15) is 0 Å². The van der Waals surface area contributed by atoms with Crippen LogP contribution in [0.3, 0.4) is 0 Å². The van der Waals surface area contributed by atoms with E-state index in [0.717, 1.165) is 30.4 Å². The van der Waals surface area contributed by atoms with E-state index >= 15 is 0 Å². The molecule has 2 amide bonds. The Morgan fingerprint density at radius 1 is 1.08 bits per heavy atom. The molecule has 0 radical (unpaired) electrons. The molecule has 1 aromatic carbocycles. The van der Waals surface area contributed by atoms with Crippen molar-refractivity contribution in [1.82, 2.24) is 9.80 Å². The normalized spacial score (nSPS) is 23.8. The van der Waals surface area contributed by atoms with E-state index in [4.69, 9.17) is 5.73 Å². The maximum atomic E-state index is 12.7. The molecule has 5 heteroatoms. The summed E-state index contributed by atoms with van der Waals surface area (Å²) < 4.78 is 0. The van der Waals surface area contributed by atoms with Crippen molar-refractivity contribution in [3.05, 3.63) is 35.4 Å². The fraction of sp³-hybridized carbons (Fsp3) is 0.600. The number of nitrogens with two attached hydrogens (primary N) is 1. The molecule has 0 spiro atoms. The third-order valence-electron chi connectivity index (χ3n) is 5.83. The van der Waals surface area contributed by atoms with Crippen molar-refractivity contribution >= 4 is 11.8 Å². The Labute approximate surface area is 150 Å². The summed E-state index contributed by atoms with van der Waals surface area (Å²) in [5.41, 5.74) is 8.05. The van der Waals surface area contributed by atoms with Gasteiger partial charge >= 0.3 is 0 Å². The molecule has 5 nitrogen and oxygen atoms in total. The number of piperazine rings is 1. The number of hydrogen-bond donors (Lipinski definition) is 1. The van der Waals surface area contributed by atoms with Gasteiger partial charge in [-0.2, -0.15) is 0 Å². The van der Waals surface area contributed by atoms with Crippen LogP contribution in [0.4, 0.5) is 0 Å². The summed E-state index contributed by atoms with van der Waals surface area (Å²) in [6, 6.07) is 8.02. The number of rotatable bonds is 4. The lowest BCUT2D eigenvalue weighted by atomic mass is 9.94. The second-order valence-corrected chi connectivity index (χ2v) is 7.34. The first-order chi connectivity index (χ1) is 12.1. The molecule has 1 aliphatic carbocycles. The van der Waals surface area contributed by atoms with E-state index in [0.29, 0.717) is 45.1 Å². The standard InChI is InChI=1S/C20H29N3O2/c1-15-5-2-3-6-16(15)13-19(24)22-9-11-23(12-10-22)20(25)18-8-4-7-17(18)14-21/h2-3,5-6,17-18H,4,7-14,21H2,1H3/t17-,18-/m1/s1. The average molecular weight is 343 g/mol. The lowest BCUT2D eigenvalue weighted by molar-refractivity contribution is -0.142. The van der Waals surface area contributed by atoms with Gasteiger partial charge in [-0.1, -0.05) is 30.7 Å². The lowest BCUT2D eigenvalue weighted by Crippen LogP contribution is -2.52. The van der Waals surface area contributed by atoms with E-state index in [1.54, 1.807) is 0 Å². The van der Waals surface area contributed by atoms with E-state index in [1.165, 1.54) is 0 Å². The molecule has 1 saturated carbocycles. The molecular weight excluding hydrogens is 314 g/mol. The lowest BCUT2D eigenvalue weighted by Gasteiger charge is -2.37. The Morgan fingerprint density at radius 2 is 1.76 bits per heavy atom. The zero-order chi connectivity index (χ0) is 17.8. The van der Waals surface area contributed by atoms with Crippen LogP contribution in [-0.2, 0) is 16.0 Å². The number of aryl methyl sites for hydroxylation is 1. The van der Waals surface area contributed by atoms with Gasteiger partial charge in [-0.15, -0.1) is 0 Å². The van der Waals surface area contributed by atoms with E-state index < -0.39 is 0 Å². The third kappa shape index (κ3) is 4.03. The summed E-state index contributed by atoms with van der Waals surface area (Å²) in [5.74, 6) is 0.841. The van der Waals surface area contributed by atoms with Gasteiger partial charge in [-0.3, -0.25) is 9.59 Å². The highest BCUT2D eigenvalue weighted by atomic mass is 16.2. The summed E-state index contributed by atoms with van der Waals surface area (Å²) in [6.45, 7) is 5.20. The molecule has 1 aromatic rings. The minimum absolute atomic E-state index is 0.0965. The molecule has 0 bridgehead atoms. The number of carbonyl (C=O) groups excluding carboxylic acids is 2. The van der Waals surface area contributed by atoms with Crippen LogP contribution in [0.15, 0.2) is 24.3 Å². The fourth-order valence-corrected chi connectivity index (χ4v) is 4.14. The molecule has 2 aliphatic rings. The second kappa shape index (κ2) is 8.00. The molecule has 136 valence electrons. The van der Waals surface area contributed by atoms with Crippen molar-refractivity contribution in [2.45, 2.75) is 32.6 Å². The molecule has 1 saturated heterocycles. The molecule has 2 N–H and O–H groups in total. The minimum atomic E-state index is 0.0965. The van der Waals surface area contributed by atoms with Crippen LogP contribution in [0.1, 0.15) is 30.4 Å². The van der Waals surface area contributed by atoms with Crippen LogP contribution in [0.5, 0.6) is 0 Å². The molecule has 25 heavy (non-hydrogen) atoms. The molecule has 2 fully saturated rings. The summed E-state index contributed by atoms with van der Waals surface area (Å²) in [4.78, 5) is 29.1. The van der Waals surface area contributed by atoms with Gasteiger partial charge in [0.25, 0.3) is 0 Å². The summed E-state index contributed by atoms with van der Waals surface area (Å²) in [7, 11) is 0. The van der Waals surface area contributed by atoms with E-state index in [1.807, 2.05) is 41.0 Å². The summed E-state index contributed by atoms with van der Waals surface area (Å²) >= 11 is 0. The van der Waals surface area contributed by atoms with Crippen molar-refractivity contribution in [3.63, 3.8) is 0 Å². The van der Waals surface area contributed by atoms with Crippen LogP contribution >= 0.6 is 0 Å². The molecular formula is C20H29N3O2. The highest BCUT2D eigenvalue weighted by molar-refractivity contribution is 5.81. The van der Waals surface area contributed by atoms with Crippen molar-refractivity contribution in [3.8, 4) is 0 Å². The van der Waals surface area contributed by atoms with Crippen LogP contribution in [-0.4, -0.2) is 54.3 Å². The molecule has 1 aliphatic heterocycles. The molecule has 3 rings (SSSR count). The number of carbonyl (C=O) groups is 2. The number of nitrogens with zero attached hydrogens (tertiary/aromatic N) is 2. The zero-order valence-corrected chi connectivity index (χ0v) is 15.1. The first kappa shape index (κ1) is 17.9. The predicted molar refractivity (Wildman–Crippen MR) is 97.9 cm³/mol. The van der Waals surface area contributed by atoms with Gasteiger partial charge in [-0.05, 0) is 43.4 Å². The maximum absolute atomic E-state index is 12.7. The first-order valence-corrected chi connectivity index (χ1v) is 9.41. The molecule has 0 aromatic heterocycles. The molecule has 2 atom stereocenters. The quantitative estimate of drug-likeness (QED) is 0.903. The Morgan fingerprint density at radius 3 is 2.44 bits per heavy atom. The minimum Gasteiger partial charge on any atom is -0.339 e. The van der Waals surface area contributed by atoms with Crippen molar-refractivity contribution in [2.24, 2.45) is 17.6 Å². The average Bonchev–Trinajstić information content (AvgIpc) is 3.12. The fourth-order valence-electron chi connectivity index (χ4n) is 4.14. The number of amides is 2. The van der Waals surface area contributed by atoms with E-state index in [2.05, 4.69) is 0 Å². The van der Waals surface area contributed by atoms with Gasteiger partial charge in [0.15, 0.2) is 0 Å². The Balaban J connectivity index is 1.52. The topological polar surface area (TPSA) is 66.6 Å². The molecule has 1 heterocycles. The number of benzene rings is 1. The highest BCUT2D eigenvalue weighted by Gasteiger charge is 2.36. The van der Waals surface area contributed by atoms with E-state index in [-0.39, 0.29) is 17.7 Å². The van der Waals surface area contributed by atoms with Crippen LogP contribution < -0.4 is 5.73 Å². The Hall–Kier alpha value is -1.88. The third-order valence-corrected chi connectivity index (χ3v) is 5.83. The van der Waals surface area contributed by atoms with E-state index in [9.17, 15) is 9.59 Å². The smallest absolute Gasteiger partial charge is 0.227 e. The first-order valence-electron chi connectivity index (χ1n) is 9.41. The monoisotopic (exact) mass is 343 g/mol. The van der Waals surface area contributed by atoms with Crippen molar-refractivity contribution in [2.75, 3.05) is 32.7 Å². The summed E-state index contributed by atoms with van der Waals surface area (Å²) in [5, 5.41) is 0. The second-order valence-electron chi connectivity index (χ2n) is 7.34.